The number of hydrogen-bond donors (Lipinski definition) is 2. The highest BCUT2D eigenvalue weighted by atomic mass is 16.3. The first-order valence-electron chi connectivity index (χ1n) is 12.2. The van der Waals surface area contributed by atoms with E-state index in [0.29, 0.717) is 50.1 Å². The maximum Gasteiger partial charge on any atom is 0.263 e. The summed E-state index contributed by atoms with van der Waals surface area (Å²) in [6.07, 6.45) is 7.05. The highest BCUT2D eigenvalue weighted by Crippen LogP contribution is 2.32. The van der Waals surface area contributed by atoms with Crippen LogP contribution in [0.15, 0.2) is 77.9 Å². The van der Waals surface area contributed by atoms with Crippen molar-refractivity contribution in [2.24, 2.45) is 0 Å². The van der Waals surface area contributed by atoms with Gasteiger partial charge in [-0.15, -0.1) is 6.42 Å². The highest BCUT2D eigenvalue weighted by molar-refractivity contribution is 5.98. The normalized spacial score (nSPS) is 10.9. The standard InChI is InChI=1S/C30H20N8O2/c1-2-20-8-5-11-23-25(20)30(40)37(15-19-7-3-6-18(12-19)14-31)24(35-23)16-38-29-26(28(32)33-17-34-29)27(36-38)21-9-4-10-22(39)13-21/h1,3-13,17,39H,15-16H2,(H2,32,33,34). The fourth-order valence-corrected chi connectivity index (χ4v) is 4.77. The van der Waals surface area contributed by atoms with Gasteiger partial charge in [-0.05, 0) is 42.0 Å². The maximum absolute atomic E-state index is 13.9. The average Bonchev–Trinajstić information content (AvgIpc) is 3.34. The molecule has 0 bridgehead atoms. The van der Waals surface area contributed by atoms with Crippen molar-refractivity contribution in [2.45, 2.75) is 13.1 Å². The summed E-state index contributed by atoms with van der Waals surface area (Å²) >= 11 is 0. The molecule has 0 atom stereocenters. The second-order valence-corrected chi connectivity index (χ2v) is 9.09. The van der Waals surface area contributed by atoms with Gasteiger partial charge in [0.25, 0.3) is 5.56 Å². The quantitative estimate of drug-likeness (QED) is 0.326. The summed E-state index contributed by atoms with van der Waals surface area (Å²) in [4.78, 5) is 27.3. The van der Waals surface area contributed by atoms with E-state index in [1.807, 2.05) is 6.07 Å². The van der Waals surface area contributed by atoms with E-state index in [-0.39, 0.29) is 30.2 Å². The molecule has 6 rings (SSSR count). The molecule has 10 nitrogen and oxygen atoms in total. The Morgan fingerprint density at radius 1 is 1.00 bits per heavy atom. The lowest BCUT2D eigenvalue weighted by atomic mass is 10.1. The van der Waals surface area contributed by atoms with E-state index in [1.165, 1.54) is 10.9 Å². The largest absolute Gasteiger partial charge is 0.508 e. The number of benzene rings is 3. The van der Waals surface area contributed by atoms with E-state index in [2.05, 4.69) is 22.0 Å². The zero-order chi connectivity index (χ0) is 27.8. The lowest BCUT2D eigenvalue weighted by Gasteiger charge is -2.15. The zero-order valence-corrected chi connectivity index (χ0v) is 21.0. The molecule has 3 aromatic heterocycles. The van der Waals surface area contributed by atoms with E-state index >= 15 is 0 Å². The van der Waals surface area contributed by atoms with Crippen molar-refractivity contribution in [3.05, 3.63) is 106 Å². The van der Waals surface area contributed by atoms with Crippen LogP contribution >= 0.6 is 0 Å². The van der Waals surface area contributed by atoms with Gasteiger partial charge in [0.05, 0.1) is 34.5 Å². The lowest BCUT2D eigenvalue weighted by Crippen LogP contribution is -2.28. The summed E-state index contributed by atoms with van der Waals surface area (Å²) in [6, 6.07) is 21.0. The average molecular weight is 525 g/mol. The summed E-state index contributed by atoms with van der Waals surface area (Å²) < 4.78 is 3.14. The molecule has 3 aromatic carbocycles. The first kappa shape index (κ1) is 24.3. The smallest absolute Gasteiger partial charge is 0.263 e. The molecule has 0 aliphatic heterocycles. The van der Waals surface area contributed by atoms with E-state index in [1.54, 1.807) is 65.3 Å². The number of hydrogen-bond acceptors (Lipinski definition) is 8. The Morgan fingerprint density at radius 3 is 2.62 bits per heavy atom. The van der Waals surface area contributed by atoms with E-state index in [9.17, 15) is 15.2 Å². The monoisotopic (exact) mass is 524 g/mol. The number of nitriles is 1. The molecular formula is C30H20N8O2. The molecule has 6 aromatic rings. The Bertz CT molecular complexity index is 2100. The lowest BCUT2D eigenvalue weighted by molar-refractivity contribution is 0.475. The van der Waals surface area contributed by atoms with E-state index < -0.39 is 0 Å². The van der Waals surface area contributed by atoms with Crippen molar-refractivity contribution in [3.8, 4) is 35.4 Å². The zero-order valence-electron chi connectivity index (χ0n) is 21.0. The minimum atomic E-state index is -0.310. The minimum Gasteiger partial charge on any atom is -0.508 e. The highest BCUT2D eigenvalue weighted by Gasteiger charge is 2.20. The number of nitrogens with two attached hydrogens (primary N) is 1. The molecule has 0 radical (unpaired) electrons. The van der Waals surface area contributed by atoms with E-state index in [4.69, 9.17) is 22.2 Å². The van der Waals surface area contributed by atoms with Crippen LogP contribution in [0.4, 0.5) is 5.82 Å². The van der Waals surface area contributed by atoms with Crippen molar-refractivity contribution >= 4 is 27.8 Å². The number of phenols is 1. The van der Waals surface area contributed by atoms with Gasteiger partial charge >= 0.3 is 0 Å². The number of fused-ring (bicyclic) bond motifs is 2. The summed E-state index contributed by atoms with van der Waals surface area (Å²) in [7, 11) is 0. The number of phenolic OH excluding ortho intramolecular Hbond substituents is 1. The first-order valence-corrected chi connectivity index (χ1v) is 12.2. The van der Waals surface area contributed by atoms with Gasteiger partial charge in [0.2, 0.25) is 0 Å². The number of nitrogen functional groups attached to an aromatic ring is 1. The van der Waals surface area contributed by atoms with Crippen molar-refractivity contribution in [2.75, 3.05) is 5.73 Å². The third kappa shape index (κ3) is 4.16. The number of rotatable bonds is 5. The van der Waals surface area contributed by atoms with Gasteiger partial charge in [0, 0.05) is 11.1 Å². The molecular weight excluding hydrogens is 504 g/mol. The van der Waals surface area contributed by atoms with Crippen molar-refractivity contribution in [3.63, 3.8) is 0 Å². The Kier molecular flexibility index (Phi) is 5.91. The molecule has 0 saturated carbocycles. The predicted molar refractivity (Wildman–Crippen MR) is 150 cm³/mol. The first-order chi connectivity index (χ1) is 19.5. The number of nitrogens with zero attached hydrogens (tertiary/aromatic N) is 7. The predicted octanol–water partition coefficient (Wildman–Crippen LogP) is 3.44. The Hall–Kier alpha value is -6.00. The van der Waals surface area contributed by atoms with Gasteiger partial charge in [-0.25, -0.2) is 19.6 Å². The second-order valence-electron chi connectivity index (χ2n) is 9.09. The van der Waals surface area contributed by atoms with Crippen molar-refractivity contribution in [1.29, 1.82) is 5.26 Å². The van der Waals surface area contributed by atoms with Gasteiger partial charge in [0.15, 0.2) is 5.65 Å². The summed E-state index contributed by atoms with van der Waals surface area (Å²) in [5.74, 6) is 3.28. The Balaban J connectivity index is 1.57. The van der Waals surface area contributed by atoms with Crippen LogP contribution in [0.2, 0.25) is 0 Å². The molecule has 0 saturated heterocycles. The fourth-order valence-electron chi connectivity index (χ4n) is 4.77. The van der Waals surface area contributed by atoms with Crippen LogP contribution in [0.5, 0.6) is 5.75 Å². The molecule has 3 heterocycles. The van der Waals surface area contributed by atoms with Crippen LogP contribution in [0.3, 0.4) is 0 Å². The molecule has 0 unspecified atom stereocenters. The van der Waals surface area contributed by atoms with E-state index in [0.717, 1.165) is 5.56 Å². The van der Waals surface area contributed by atoms with Crippen molar-refractivity contribution in [1.82, 2.24) is 29.3 Å². The number of anilines is 1. The summed E-state index contributed by atoms with van der Waals surface area (Å²) in [5, 5.41) is 25.1. The molecule has 3 N–H and O–H groups in total. The third-order valence-corrected chi connectivity index (χ3v) is 6.58. The van der Waals surface area contributed by atoms with Crippen LogP contribution in [-0.2, 0) is 13.1 Å². The van der Waals surface area contributed by atoms with Crippen LogP contribution in [-0.4, -0.2) is 34.4 Å². The van der Waals surface area contributed by atoms with Crippen LogP contribution in [0.1, 0.15) is 22.5 Å². The SMILES string of the molecule is C#Cc1cccc2nc(Cn3nc(-c4cccc(O)c4)c4c(N)ncnc43)n(Cc3cccc(C#N)c3)c(=O)c12. The number of aromatic hydroxyl groups is 1. The van der Waals surface area contributed by atoms with Crippen molar-refractivity contribution < 1.29 is 5.11 Å². The molecule has 0 spiro atoms. The van der Waals surface area contributed by atoms with Gasteiger partial charge < -0.3 is 10.8 Å². The topological polar surface area (TPSA) is 149 Å². The van der Waals surface area contributed by atoms with Gasteiger partial charge in [-0.3, -0.25) is 9.36 Å². The molecule has 0 aliphatic rings. The van der Waals surface area contributed by atoms with Crippen LogP contribution < -0.4 is 11.3 Å². The number of terminal acetylenes is 1. The van der Waals surface area contributed by atoms with Gasteiger partial charge in [0.1, 0.15) is 36.0 Å². The molecule has 0 aliphatic carbocycles. The minimum absolute atomic E-state index is 0.0647. The van der Waals surface area contributed by atoms with Crippen LogP contribution in [0, 0.1) is 23.7 Å². The third-order valence-electron chi connectivity index (χ3n) is 6.58. The Labute approximate surface area is 227 Å². The fraction of sp³-hybridized carbons (Fsp3) is 0.0667. The molecule has 0 amide bonds. The Morgan fingerprint density at radius 2 is 1.82 bits per heavy atom. The summed E-state index contributed by atoms with van der Waals surface area (Å²) in [5.41, 5.74) is 9.61. The van der Waals surface area contributed by atoms with Gasteiger partial charge in [-0.1, -0.05) is 36.3 Å². The molecule has 192 valence electrons. The maximum atomic E-state index is 13.9. The second kappa shape index (κ2) is 9.71. The molecule has 0 fully saturated rings. The molecule has 40 heavy (non-hydrogen) atoms. The molecule has 10 heteroatoms. The van der Waals surface area contributed by atoms with Gasteiger partial charge in [-0.2, -0.15) is 10.4 Å². The summed E-state index contributed by atoms with van der Waals surface area (Å²) in [6.45, 7) is 0.219. The number of aromatic nitrogens is 6. The van der Waals surface area contributed by atoms with Crippen LogP contribution in [0.25, 0.3) is 33.2 Å².